The lowest BCUT2D eigenvalue weighted by Gasteiger charge is -2.31. The number of piperidine rings is 1. The molecule has 1 fully saturated rings. The van der Waals surface area contributed by atoms with Crippen molar-refractivity contribution in [3.63, 3.8) is 0 Å². The first-order chi connectivity index (χ1) is 6.13. The van der Waals surface area contributed by atoms with Gasteiger partial charge < -0.3 is 10.4 Å². The predicted octanol–water partition coefficient (Wildman–Crippen LogP) is 0.196. The van der Waals surface area contributed by atoms with E-state index in [1.807, 2.05) is 0 Å². The summed E-state index contributed by atoms with van der Waals surface area (Å²) in [5.41, 5.74) is -1.26. The Hall–Kier alpha value is -1.16. The van der Waals surface area contributed by atoms with Crippen molar-refractivity contribution in [2.24, 2.45) is 5.41 Å². The smallest absolute Gasteiger partial charge is 0.318 e. The summed E-state index contributed by atoms with van der Waals surface area (Å²) in [6.07, 6.45) is 1.98. The van der Waals surface area contributed by atoms with E-state index in [0.29, 0.717) is 13.0 Å². The molecule has 1 aliphatic rings. The Morgan fingerprint density at radius 1 is 1.77 bits per heavy atom. The molecule has 1 saturated heterocycles. The second-order valence-electron chi connectivity index (χ2n) is 3.23. The van der Waals surface area contributed by atoms with Gasteiger partial charge >= 0.3 is 5.97 Å². The van der Waals surface area contributed by atoms with E-state index in [-0.39, 0.29) is 18.7 Å². The van der Waals surface area contributed by atoms with Crippen molar-refractivity contribution in [3.05, 3.63) is 12.7 Å². The zero-order valence-corrected chi connectivity index (χ0v) is 7.38. The quantitative estimate of drug-likeness (QED) is 0.484. The first-order valence-corrected chi connectivity index (χ1v) is 4.22. The molecule has 1 atom stereocenters. The van der Waals surface area contributed by atoms with Crippen LogP contribution in [0.1, 0.15) is 12.8 Å². The van der Waals surface area contributed by atoms with Crippen molar-refractivity contribution in [1.29, 1.82) is 0 Å². The van der Waals surface area contributed by atoms with Gasteiger partial charge in [-0.1, -0.05) is 6.08 Å². The van der Waals surface area contributed by atoms with Gasteiger partial charge in [-0.3, -0.25) is 9.59 Å². The monoisotopic (exact) mass is 183 g/mol. The Labute approximate surface area is 76.6 Å². The van der Waals surface area contributed by atoms with Gasteiger partial charge in [0.05, 0.1) is 0 Å². The van der Waals surface area contributed by atoms with Gasteiger partial charge in [-0.15, -0.1) is 6.58 Å². The zero-order valence-electron chi connectivity index (χ0n) is 7.38. The van der Waals surface area contributed by atoms with Crippen molar-refractivity contribution in [2.45, 2.75) is 12.8 Å². The number of carbonyl (C=O) groups is 2. The third kappa shape index (κ3) is 1.62. The molecule has 0 radical (unpaired) electrons. The highest BCUT2D eigenvalue weighted by atomic mass is 16.4. The van der Waals surface area contributed by atoms with Crippen LogP contribution >= 0.6 is 0 Å². The molecule has 0 aromatic rings. The second-order valence-corrected chi connectivity index (χ2v) is 3.23. The lowest BCUT2D eigenvalue weighted by molar-refractivity contribution is -0.155. The molecule has 0 amide bonds. The van der Waals surface area contributed by atoms with E-state index in [9.17, 15) is 9.59 Å². The number of allylic oxidation sites excluding steroid dienone is 1. The number of hydrogen-bond acceptors (Lipinski definition) is 3. The van der Waals surface area contributed by atoms with Gasteiger partial charge in [0.2, 0.25) is 0 Å². The average molecular weight is 183 g/mol. The fourth-order valence-electron chi connectivity index (χ4n) is 1.56. The molecule has 1 heterocycles. The molecule has 13 heavy (non-hydrogen) atoms. The van der Waals surface area contributed by atoms with Crippen molar-refractivity contribution in [3.8, 4) is 0 Å². The van der Waals surface area contributed by atoms with E-state index in [0.717, 1.165) is 0 Å². The van der Waals surface area contributed by atoms with E-state index < -0.39 is 11.4 Å². The highest BCUT2D eigenvalue weighted by Crippen LogP contribution is 2.27. The highest BCUT2D eigenvalue weighted by molar-refractivity contribution is 6.04. The molecule has 4 heteroatoms. The maximum absolute atomic E-state index is 11.5. The minimum absolute atomic E-state index is 0.196. The molecule has 0 bridgehead atoms. The van der Waals surface area contributed by atoms with Crippen molar-refractivity contribution in [1.82, 2.24) is 5.32 Å². The van der Waals surface area contributed by atoms with Gasteiger partial charge in [0.15, 0.2) is 5.78 Å². The first-order valence-electron chi connectivity index (χ1n) is 4.22. The summed E-state index contributed by atoms with van der Waals surface area (Å²) in [5.74, 6) is -1.25. The number of carboxylic acid groups (broad SMARTS) is 1. The van der Waals surface area contributed by atoms with E-state index in [4.69, 9.17) is 5.11 Å². The van der Waals surface area contributed by atoms with Crippen LogP contribution in [0.25, 0.3) is 0 Å². The molecule has 1 rings (SSSR count). The maximum atomic E-state index is 11.5. The number of rotatable bonds is 3. The summed E-state index contributed by atoms with van der Waals surface area (Å²) in [6, 6.07) is 0. The molecule has 0 saturated carbocycles. The molecule has 0 aromatic carbocycles. The second kappa shape index (κ2) is 3.70. The van der Waals surface area contributed by atoms with Crippen LogP contribution in [0, 0.1) is 5.41 Å². The molecular weight excluding hydrogens is 170 g/mol. The normalized spacial score (nSPS) is 28.5. The zero-order chi connectivity index (χ0) is 9.90. The Kier molecular flexibility index (Phi) is 2.83. The number of Topliss-reactive ketones (excluding diaryl/α,β-unsaturated/α-hetero) is 1. The van der Waals surface area contributed by atoms with Crippen LogP contribution in [0.3, 0.4) is 0 Å². The lowest BCUT2D eigenvalue weighted by Crippen LogP contribution is -2.51. The largest absolute Gasteiger partial charge is 0.480 e. The maximum Gasteiger partial charge on any atom is 0.318 e. The minimum Gasteiger partial charge on any atom is -0.480 e. The summed E-state index contributed by atoms with van der Waals surface area (Å²) < 4.78 is 0. The van der Waals surface area contributed by atoms with Crippen molar-refractivity contribution >= 4 is 11.8 Å². The van der Waals surface area contributed by atoms with E-state index in [2.05, 4.69) is 11.9 Å². The van der Waals surface area contributed by atoms with E-state index in [1.54, 1.807) is 0 Å². The molecule has 72 valence electrons. The molecular formula is C9H13NO3. The van der Waals surface area contributed by atoms with Crippen LogP contribution in [-0.2, 0) is 9.59 Å². The molecule has 0 aliphatic carbocycles. The van der Waals surface area contributed by atoms with Crippen LogP contribution in [0.15, 0.2) is 12.7 Å². The fourth-order valence-corrected chi connectivity index (χ4v) is 1.56. The van der Waals surface area contributed by atoms with Gasteiger partial charge in [0, 0.05) is 19.5 Å². The highest BCUT2D eigenvalue weighted by Gasteiger charge is 2.45. The summed E-state index contributed by atoms with van der Waals surface area (Å²) in [7, 11) is 0. The number of nitrogens with one attached hydrogen (secondary N) is 1. The van der Waals surface area contributed by atoms with Crippen molar-refractivity contribution < 1.29 is 14.7 Å². The Balaban J connectivity index is 2.92. The van der Waals surface area contributed by atoms with Gasteiger partial charge in [-0.2, -0.15) is 0 Å². The van der Waals surface area contributed by atoms with Crippen LogP contribution < -0.4 is 5.32 Å². The molecule has 0 aromatic heterocycles. The summed E-state index contributed by atoms with van der Waals surface area (Å²) in [5, 5.41) is 11.9. The number of carbonyl (C=O) groups excluding carboxylic acids is 1. The first kappa shape index (κ1) is 9.92. The van der Waals surface area contributed by atoms with Gasteiger partial charge in [0.1, 0.15) is 5.41 Å². The van der Waals surface area contributed by atoms with Gasteiger partial charge in [-0.25, -0.2) is 0 Å². The summed E-state index contributed by atoms with van der Waals surface area (Å²) in [4.78, 5) is 22.4. The summed E-state index contributed by atoms with van der Waals surface area (Å²) in [6.45, 7) is 4.26. The Morgan fingerprint density at radius 2 is 2.46 bits per heavy atom. The lowest BCUT2D eigenvalue weighted by atomic mass is 9.77. The van der Waals surface area contributed by atoms with E-state index >= 15 is 0 Å². The molecule has 2 N–H and O–H groups in total. The summed E-state index contributed by atoms with van der Waals surface area (Å²) >= 11 is 0. The molecule has 1 unspecified atom stereocenters. The van der Waals surface area contributed by atoms with Crippen molar-refractivity contribution in [2.75, 3.05) is 13.1 Å². The number of aliphatic carboxylic acids is 1. The third-order valence-corrected chi connectivity index (χ3v) is 2.39. The molecule has 1 aliphatic heterocycles. The minimum atomic E-state index is -1.26. The predicted molar refractivity (Wildman–Crippen MR) is 47.4 cm³/mol. The standard InChI is InChI=1S/C9H13NO3/c1-2-4-9(8(12)13)6-10-5-3-7(9)11/h2,10H,1,3-6H2,(H,12,13). The SMILES string of the molecule is C=CCC1(C(=O)O)CNCCC1=O. The average Bonchev–Trinajstić information content (AvgIpc) is 2.09. The topological polar surface area (TPSA) is 66.4 Å². The molecule has 4 nitrogen and oxygen atoms in total. The third-order valence-electron chi connectivity index (χ3n) is 2.39. The number of carboxylic acids is 1. The fraction of sp³-hybridized carbons (Fsp3) is 0.556. The van der Waals surface area contributed by atoms with Crippen LogP contribution in [0.2, 0.25) is 0 Å². The van der Waals surface area contributed by atoms with Gasteiger partial charge in [0.25, 0.3) is 0 Å². The van der Waals surface area contributed by atoms with E-state index in [1.165, 1.54) is 6.08 Å². The molecule has 0 spiro atoms. The van der Waals surface area contributed by atoms with Crippen LogP contribution in [0.5, 0.6) is 0 Å². The Morgan fingerprint density at radius 3 is 2.92 bits per heavy atom. The Bertz CT molecular complexity index is 249. The van der Waals surface area contributed by atoms with Gasteiger partial charge in [-0.05, 0) is 6.42 Å². The number of ketones is 1. The van der Waals surface area contributed by atoms with Crippen LogP contribution in [0.4, 0.5) is 0 Å². The number of hydrogen-bond donors (Lipinski definition) is 2. The van der Waals surface area contributed by atoms with Crippen LogP contribution in [-0.4, -0.2) is 29.9 Å².